The maximum absolute atomic E-state index is 5.64. The monoisotopic (exact) mass is 297 g/mol. The second kappa shape index (κ2) is 4.97. The van der Waals surface area contributed by atoms with Gasteiger partial charge in [-0.1, -0.05) is 15.9 Å². The average Bonchev–Trinajstić information content (AvgIpc) is 2.58. The third-order valence-corrected chi connectivity index (χ3v) is 3.82. The summed E-state index contributed by atoms with van der Waals surface area (Å²) in [6.45, 7) is 4.64. The SMILES string of the molecule is Cc1nc(COc2ccc(Br)cc2)sc1C. The van der Waals surface area contributed by atoms with E-state index in [1.54, 1.807) is 11.3 Å². The molecule has 0 amide bonds. The van der Waals surface area contributed by atoms with E-state index in [2.05, 4.69) is 27.8 Å². The number of ether oxygens (including phenoxy) is 1. The van der Waals surface area contributed by atoms with Crippen LogP contribution >= 0.6 is 27.3 Å². The van der Waals surface area contributed by atoms with E-state index in [1.165, 1.54) is 4.88 Å². The molecule has 0 saturated carbocycles. The van der Waals surface area contributed by atoms with E-state index in [9.17, 15) is 0 Å². The Hall–Kier alpha value is -0.870. The first kappa shape index (κ1) is 11.6. The van der Waals surface area contributed by atoms with Crippen LogP contribution in [0.25, 0.3) is 0 Å². The van der Waals surface area contributed by atoms with E-state index in [0.29, 0.717) is 6.61 Å². The number of benzene rings is 1. The summed E-state index contributed by atoms with van der Waals surface area (Å²) in [4.78, 5) is 5.69. The maximum Gasteiger partial charge on any atom is 0.140 e. The van der Waals surface area contributed by atoms with E-state index in [-0.39, 0.29) is 0 Å². The standard InChI is InChI=1S/C12H12BrNOS/c1-8-9(2)16-12(14-8)7-15-11-5-3-10(13)4-6-11/h3-6H,7H2,1-2H3. The molecule has 16 heavy (non-hydrogen) atoms. The lowest BCUT2D eigenvalue weighted by Gasteiger charge is -2.03. The molecule has 1 aromatic carbocycles. The van der Waals surface area contributed by atoms with Crippen molar-refractivity contribution in [3.8, 4) is 5.75 Å². The highest BCUT2D eigenvalue weighted by molar-refractivity contribution is 9.10. The summed E-state index contributed by atoms with van der Waals surface area (Å²) >= 11 is 5.08. The molecular formula is C12H12BrNOS. The smallest absolute Gasteiger partial charge is 0.140 e. The molecule has 0 atom stereocenters. The van der Waals surface area contributed by atoms with Crippen LogP contribution in [0.1, 0.15) is 15.6 Å². The van der Waals surface area contributed by atoms with Crippen LogP contribution in [0, 0.1) is 13.8 Å². The van der Waals surface area contributed by atoms with Crippen molar-refractivity contribution >= 4 is 27.3 Å². The third kappa shape index (κ3) is 2.83. The second-order valence-corrected chi connectivity index (χ2v) is 5.70. The van der Waals surface area contributed by atoms with Gasteiger partial charge in [-0.2, -0.15) is 0 Å². The fourth-order valence-electron chi connectivity index (χ4n) is 1.28. The topological polar surface area (TPSA) is 22.1 Å². The van der Waals surface area contributed by atoms with Crippen LogP contribution in [0.4, 0.5) is 0 Å². The van der Waals surface area contributed by atoms with Gasteiger partial charge < -0.3 is 4.74 Å². The minimum Gasteiger partial charge on any atom is -0.486 e. The van der Waals surface area contributed by atoms with Crippen LogP contribution in [0.2, 0.25) is 0 Å². The Kier molecular flexibility index (Phi) is 3.61. The average molecular weight is 298 g/mol. The fraction of sp³-hybridized carbons (Fsp3) is 0.250. The summed E-state index contributed by atoms with van der Waals surface area (Å²) in [6, 6.07) is 7.82. The van der Waals surface area contributed by atoms with Crippen molar-refractivity contribution in [1.29, 1.82) is 0 Å². The van der Waals surface area contributed by atoms with Gasteiger partial charge in [0.25, 0.3) is 0 Å². The minimum absolute atomic E-state index is 0.543. The van der Waals surface area contributed by atoms with Crippen LogP contribution in [-0.2, 0) is 6.61 Å². The molecule has 2 aromatic rings. The van der Waals surface area contributed by atoms with Gasteiger partial charge in [0, 0.05) is 9.35 Å². The predicted octanol–water partition coefficient (Wildman–Crippen LogP) is 4.10. The van der Waals surface area contributed by atoms with Gasteiger partial charge in [-0.3, -0.25) is 0 Å². The molecule has 0 N–H and O–H groups in total. The van der Waals surface area contributed by atoms with Crippen LogP contribution in [0.3, 0.4) is 0 Å². The molecule has 2 nitrogen and oxygen atoms in total. The van der Waals surface area contributed by atoms with Crippen LogP contribution in [0.5, 0.6) is 5.75 Å². The summed E-state index contributed by atoms with van der Waals surface area (Å²) in [5.41, 5.74) is 1.10. The van der Waals surface area contributed by atoms with Gasteiger partial charge in [0.05, 0.1) is 5.69 Å². The summed E-state index contributed by atoms with van der Waals surface area (Å²) < 4.78 is 6.70. The van der Waals surface area contributed by atoms with Crippen molar-refractivity contribution in [2.45, 2.75) is 20.5 Å². The zero-order valence-corrected chi connectivity index (χ0v) is 11.6. The number of thiazole rings is 1. The van der Waals surface area contributed by atoms with Crippen molar-refractivity contribution in [1.82, 2.24) is 4.98 Å². The van der Waals surface area contributed by atoms with Crippen LogP contribution < -0.4 is 4.74 Å². The van der Waals surface area contributed by atoms with E-state index < -0.39 is 0 Å². The van der Waals surface area contributed by atoms with Gasteiger partial charge >= 0.3 is 0 Å². The van der Waals surface area contributed by atoms with Crippen molar-refractivity contribution < 1.29 is 4.74 Å². The lowest BCUT2D eigenvalue weighted by Crippen LogP contribution is -1.94. The van der Waals surface area contributed by atoms with Gasteiger partial charge in [-0.05, 0) is 38.1 Å². The first-order chi connectivity index (χ1) is 7.65. The quantitative estimate of drug-likeness (QED) is 0.851. The van der Waals surface area contributed by atoms with Crippen molar-refractivity contribution in [2.75, 3.05) is 0 Å². The highest BCUT2D eigenvalue weighted by atomic mass is 79.9. The molecular weight excluding hydrogens is 286 g/mol. The molecule has 4 heteroatoms. The highest BCUT2D eigenvalue weighted by Gasteiger charge is 2.04. The molecule has 0 bridgehead atoms. The Balaban J connectivity index is 1.99. The van der Waals surface area contributed by atoms with Gasteiger partial charge in [0.15, 0.2) is 0 Å². The minimum atomic E-state index is 0.543. The molecule has 0 radical (unpaired) electrons. The number of hydrogen-bond acceptors (Lipinski definition) is 3. The molecule has 0 aliphatic heterocycles. The van der Waals surface area contributed by atoms with E-state index >= 15 is 0 Å². The highest BCUT2D eigenvalue weighted by Crippen LogP contribution is 2.20. The number of halogens is 1. The summed E-state index contributed by atoms with van der Waals surface area (Å²) in [6.07, 6.45) is 0. The Morgan fingerprint density at radius 2 is 1.94 bits per heavy atom. The number of aromatic nitrogens is 1. The molecule has 0 unspecified atom stereocenters. The largest absolute Gasteiger partial charge is 0.486 e. The first-order valence-corrected chi connectivity index (χ1v) is 6.57. The zero-order valence-electron chi connectivity index (χ0n) is 9.16. The van der Waals surface area contributed by atoms with E-state index in [1.807, 2.05) is 31.2 Å². The normalized spacial score (nSPS) is 10.4. The van der Waals surface area contributed by atoms with Gasteiger partial charge in [-0.15, -0.1) is 11.3 Å². The van der Waals surface area contributed by atoms with E-state index in [0.717, 1.165) is 20.9 Å². The summed E-state index contributed by atoms with van der Waals surface area (Å²) in [7, 11) is 0. The van der Waals surface area contributed by atoms with Gasteiger partial charge in [0.1, 0.15) is 17.4 Å². The second-order valence-electron chi connectivity index (χ2n) is 3.49. The molecule has 84 valence electrons. The van der Waals surface area contributed by atoms with Crippen LogP contribution in [0.15, 0.2) is 28.7 Å². The molecule has 1 aromatic heterocycles. The lowest BCUT2D eigenvalue weighted by atomic mass is 10.3. The molecule has 0 aliphatic rings. The fourth-order valence-corrected chi connectivity index (χ4v) is 2.39. The van der Waals surface area contributed by atoms with Crippen LogP contribution in [-0.4, -0.2) is 4.98 Å². The van der Waals surface area contributed by atoms with Gasteiger partial charge in [0.2, 0.25) is 0 Å². The number of nitrogens with zero attached hydrogens (tertiary/aromatic N) is 1. The Morgan fingerprint density at radius 3 is 2.50 bits per heavy atom. The third-order valence-electron chi connectivity index (χ3n) is 2.25. The van der Waals surface area contributed by atoms with Crippen molar-refractivity contribution in [2.24, 2.45) is 0 Å². The zero-order chi connectivity index (χ0) is 11.5. The maximum atomic E-state index is 5.64. The van der Waals surface area contributed by atoms with Crippen molar-refractivity contribution in [3.63, 3.8) is 0 Å². The first-order valence-electron chi connectivity index (χ1n) is 4.96. The lowest BCUT2D eigenvalue weighted by molar-refractivity contribution is 0.305. The number of rotatable bonds is 3. The molecule has 0 fully saturated rings. The molecule has 0 saturated heterocycles. The molecule has 1 heterocycles. The Bertz CT molecular complexity index is 459. The summed E-state index contributed by atoms with van der Waals surface area (Å²) in [5.74, 6) is 0.869. The van der Waals surface area contributed by atoms with E-state index in [4.69, 9.17) is 4.74 Å². The Labute approximate surface area is 107 Å². The Morgan fingerprint density at radius 1 is 1.25 bits per heavy atom. The number of hydrogen-bond donors (Lipinski definition) is 0. The molecule has 2 rings (SSSR count). The predicted molar refractivity (Wildman–Crippen MR) is 70.1 cm³/mol. The van der Waals surface area contributed by atoms with Gasteiger partial charge in [-0.25, -0.2) is 4.98 Å². The summed E-state index contributed by atoms with van der Waals surface area (Å²) in [5, 5.41) is 1.03. The molecule has 0 aliphatic carbocycles. The van der Waals surface area contributed by atoms with Crippen molar-refractivity contribution in [3.05, 3.63) is 44.3 Å². The molecule has 0 spiro atoms. The number of aryl methyl sites for hydroxylation is 2.